The lowest BCUT2D eigenvalue weighted by Gasteiger charge is -2.39. The second kappa shape index (κ2) is 11.9. The molecular weight excluding hydrogens is 496 g/mol. The van der Waals surface area contributed by atoms with E-state index in [1.165, 1.54) is 11.3 Å². The summed E-state index contributed by atoms with van der Waals surface area (Å²) < 4.78 is 6.14. The molecule has 0 atom stereocenters. The molecule has 0 bridgehead atoms. The van der Waals surface area contributed by atoms with Crippen LogP contribution in [-0.4, -0.2) is 34.1 Å². The molecule has 0 aliphatic heterocycles. The van der Waals surface area contributed by atoms with Gasteiger partial charge in [-0.15, -0.1) is 11.3 Å². The number of thiophene rings is 1. The topological polar surface area (TPSA) is 79.7 Å². The van der Waals surface area contributed by atoms with E-state index in [9.17, 15) is 14.7 Å². The minimum atomic E-state index is -1.01. The van der Waals surface area contributed by atoms with E-state index in [4.69, 9.17) is 4.74 Å². The van der Waals surface area contributed by atoms with Crippen molar-refractivity contribution in [2.75, 3.05) is 4.90 Å². The molecule has 2 heterocycles. The van der Waals surface area contributed by atoms with Crippen LogP contribution in [0.25, 0.3) is 0 Å². The van der Waals surface area contributed by atoms with Crippen molar-refractivity contribution in [3.8, 4) is 17.7 Å². The molecule has 1 amide bonds. The second-order valence-electron chi connectivity index (χ2n) is 12.0. The van der Waals surface area contributed by atoms with Gasteiger partial charge in [-0.05, 0) is 96.6 Å². The van der Waals surface area contributed by atoms with Crippen molar-refractivity contribution < 1.29 is 19.4 Å². The van der Waals surface area contributed by atoms with Crippen molar-refractivity contribution in [1.29, 1.82) is 0 Å². The Balaban J connectivity index is 1.60. The quantitative estimate of drug-likeness (QED) is 0.399. The molecule has 1 N–H and O–H groups in total. The van der Waals surface area contributed by atoms with Gasteiger partial charge in [0.05, 0.1) is 10.6 Å². The molecule has 4 rings (SSSR count). The Hall–Kier alpha value is -2.85. The van der Waals surface area contributed by atoms with Gasteiger partial charge < -0.3 is 14.7 Å². The summed E-state index contributed by atoms with van der Waals surface area (Å²) in [5.74, 6) is 6.61. The van der Waals surface area contributed by atoms with Crippen molar-refractivity contribution in [3.63, 3.8) is 0 Å². The van der Waals surface area contributed by atoms with Crippen LogP contribution in [0.3, 0.4) is 0 Å². The highest BCUT2D eigenvalue weighted by molar-refractivity contribution is 7.15. The predicted molar refractivity (Wildman–Crippen MR) is 152 cm³/mol. The highest BCUT2D eigenvalue weighted by Crippen LogP contribution is 2.39. The number of anilines is 1. The van der Waals surface area contributed by atoms with Gasteiger partial charge in [0.15, 0.2) is 0 Å². The van der Waals surface area contributed by atoms with Gasteiger partial charge in [-0.1, -0.05) is 24.8 Å². The number of hydrogen-bond acceptors (Lipinski definition) is 5. The summed E-state index contributed by atoms with van der Waals surface area (Å²) >= 11 is 1.17. The fraction of sp³-hybridized carbons (Fsp3) is 0.581. The van der Waals surface area contributed by atoms with Gasteiger partial charge in [0, 0.05) is 29.6 Å². The molecule has 0 aromatic carbocycles. The molecule has 38 heavy (non-hydrogen) atoms. The number of rotatable bonds is 6. The monoisotopic (exact) mass is 536 g/mol. The fourth-order valence-electron chi connectivity index (χ4n) is 5.34. The maximum absolute atomic E-state index is 14.1. The molecule has 2 aliphatic carbocycles. The Kier molecular flexibility index (Phi) is 8.82. The molecular formula is C31H40N2O4S. The number of aryl methyl sites for hydroxylation is 1. The van der Waals surface area contributed by atoms with Crippen LogP contribution >= 0.6 is 11.3 Å². The van der Waals surface area contributed by atoms with E-state index < -0.39 is 5.97 Å². The van der Waals surface area contributed by atoms with E-state index >= 15 is 0 Å². The van der Waals surface area contributed by atoms with Gasteiger partial charge in [-0.3, -0.25) is 4.79 Å². The lowest BCUT2D eigenvalue weighted by Crippen LogP contribution is -2.47. The molecule has 6 nitrogen and oxygen atoms in total. The Labute approximate surface area is 230 Å². The maximum atomic E-state index is 14.1. The molecule has 2 aromatic rings. The fourth-order valence-corrected chi connectivity index (χ4v) is 6.18. The van der Waals surface area contributed by atoms with Gasteiger partial charge in [-0.2, -0.15) is 0 Å². The van der Waals surface area contributed by atoms with Gasteiger partial charge in [0.25, 0.3) is 0 Å². The van der Waals surface area contributed by atoms with Gasteiger partial charge in [-0.25, -0.2) is 9.78 Å². The van der Waals surface area contributed by atoms with E-state index in [0.717, 1.165) is 56.9 Å². The Bertz CT molecular complexity index is 1190. The average Bonchev–Trinajstić information content (AvgIpc) is 3.30. The average molecular weight is 537 g/mol. The Morgan fingerprint density at radius 3 is 2.34 bits per heavy atom. The molecule has 2 fully saturated rings. The number of carboxylic acid groups (broad SMARTS) is 1. The molecule has 7 heteroatoms. The van der Waals surface area contributed by atoms with Crippen LogP contribution in [0.1, 0.15) is 99.2 Å². The van der Waals surface area contributed by atoms with E-state index in [2.05, 4.69) is 23.7 Å². The number of carboxylic acids is 1. The summed E-state index contributed by atoms with van der Waals surface area (Å²) in [6.07, 6.45) is 8.70. The standard InChI is InChI=1S/C31H40N2O4S/c1-20-6-9-22(10-7-20)29(34)33(26-18-25(16-17-31(3,4)5)38-28(26)30(35)36)23-11-13-24(14-12-23)37-27-15-8-21(2)19-32-27/h8,15,18-20,22-24H,6-7,9-14H2,1-5H3,(H,35,36)/t20-,22-,23-,24-. The minimum Gasteiger partial charge on any atom is -0.477 e. The van der Waals surface area contributed by atoms with Crippen molar-refractivity contribution in [2.24, 2.45) is 17.3 Å². The predicted octanol–water partition coefficient (Wildman–Crippen LogP) is 7.10. The van der Waals surface area contributed by atoms with Crippen LogP contribution in [0.5, 0.6) is 5.88 Å². The summed E-state index contributed by atoms with van der Waals surface area (Å²) in [6, 6.07) is 5.65. The van der Waals surface area contributed by atoms with Gasteiger partial charge >= 0.3 is 5.97 Å². The maximum Gasteiger partial charge on any atom is 0.348 e. The number of nitrogens with zero attached hydrogens (tertiary/aromatic N) is 2. The van der Waals surface area contributed by atoms with E-state index in [0.29, 0.717) is 22.4 Å². The normalized spacial score (nSPS) is 23.7. The zero-order valence-corrected chi connectivity index (χ0v) is 24.1. The van der Waals surface area contributed by atoms with Crippen LogP contribution in [-0.2, 0) is 4.79 Å². The smallest absolute Gasteiger partial charge is 0.348 e. The number of ether oxygens (including phenoxy) is 1. The summed E-state index contributed by atoms with van der Waals surface area (Å²) in [5.41, 5.74) is 1.39. The third-order valence-electron chi connectivity index (χ3n) is 7.51. The largest absolute Gasteiger partial charge is 0.477 e. The first-order chi connectivity index (χ1) is 18.0. The molecule has 0 radical (unpaired) electrons. The first-order valence-electron chi connectivity index (χ1n) is 13.8. The first-order valence-corrected chi connectivity index (χ1v) is 14.6. The van der Waals surface area contributed by atoms with Gasteiger partial charge in [0.2, 0.25) is 11.8 Å². The summed E-state index contributed by atoms with van der Waals surface area (Å²) in [7, 11) is 0. The zero-order chi connectivity index (χ0) is 27.4. The molecule has 2 saturated carbocycles. The van der Waals surface area contributed by atoms with E-state index in [1.54, 1.807) is 6.20 Å². The molecule has 0 saturated heterocycles. The summed E-state index contributed by atoms with van der Waals surface area (Å²) in [5, 5.41) is 10.1. The SMILES string of the molecule is Cc1ccc(O[C@H]2CC[C@H](N(c3cc(C#CC(C)(C)C)sc3C(=O)O)C(=O)[C@H]3CC[C@H](C)CC3)CC2)nc1. The van der Waals surface area contributed by atoms with Crippen molar-refractivity contribution >= 4 is 28.9 Å². The number of carbonyl (C=O) groups excluding carboxylic acids is 1. The minimum absolute atomic E-state index is 0.0311. The van der Waals surface area contributed by atoms with Crippen LogP contribution in [0.15, 0.2) is 24.4 Å². The van der Waals surface area contributed by atoms with Crippen molar-refractivity contribution in [2.45, 2.75) is 98.1 Å². The Morgan fingerprint density at radius 1 is 1.08 bits per heavy atom. The lowest BCUT2D eigenvalue weighted by atomic mass is 9.81. The summed E-state index contributed by atoms with van der Waals surface area (Å²) in [4.78, 5) is 33.5. The molecule has 2 aliphatic rings. The highest BCUT2D eigenvalue weighted by Gasteiger charge is 2.37. The Morgan fingerprint density at radius 2 is 1.76 bits per heavy atom. The van der Waals surface area contributed by atoms with Crippen LogP contribution in [0.2, 0.25) is 0 Å². The molecule has 2 aromatic heterocycles. The third-order valence-corrected chi connectivity index (χ3v) is 8.54. The number of amides is 1. The van der Waals surface area contributed by atoms with Crippen LogP contribution in [0, 0.1) is 36.0 Å². The summed E-state index contributed by atoms with van der Waals surface area (Å²) in [6.45, 7) is 10.3. The number of hydrogen-bond donors (Lipinski definition) is 1. The van der Waals surface area contributed by atoms with Crippen LogP contribution in [0.4, 0.5) is 5.69 Å². The van der Waals surface area contributed by atoms with Crippen molar-refractivity contribution in [1.82, 2.24) is 4.98 Å². The number of aromatic nitrogens is 1. The molecule has 204 valence electrons. The molecule has 0 unspecified atom stereocenters. The second-order valence-corrected chi connectivity index (χ2v) is 13.1. The van der Waals surface area contributed by atoms with Gasteiger partial charge in [0.1, 0.15) is 11.0 Å². The van der Waals surface area contributed by atoms with Crippen molar-refractivity contribution in [3.05, 3.63) is 39.7 Å². The number of pyridine rings is 1. The number of carbonyl (C=O) groups is 2. The zero-order valence-electron chi connectivity index (χ0n) is 23.3. The first kappa shape index (κ1) is 28.2. The highest BCUT2D eigenvalue weighted by atomic mass is 32.1. The molecule has 0 spiro atoms. The third kappa shape index (κ3) is 7.17. The van der Waals surface area contributed by atoms with E-state index in [-0.39, 0.29) is 34.3 Å². The number of aromatic carboxylic acids is 1. The van der Waals surface area contributed by atoms with E-state index in [1.807, 2.05) is 50.8 Å². The van der Waals surface area contributed by atoms with Crippen LogP contribution < -0.4 is 9.64 Å². The lowest BCUT2D eigenvalue weighted by molar-refractivity contribution is -0.124.